The Kier molecular flexibility index (Phi) is 6.14. The lowest BCUT2D eigenvalue weighted by Crippen LogP contribution is -2.39. The fourth-order valence-electron chi connectivity index (χ4n) is 3.19. The van der Waals surface area contributed by atoms with E-state index in [1.807, 2.05) is 27.7 Å². The normalized spacial score (nSPS) is 14.8. The Morgan fingerprint density at radius 1 is 1.28 bits per heavy atom. The zero-order valence-corrected chi connectivity index (χ0v) is 18.3. The summed E-state index contributed by atoms with van der Waals surface area (Å²) >= 11 is 0. The molecule has 3 rings (SSSR count). The summed E-state index contributed by atoms with van der Waals surface area (Å²) in [5.74, 6) is 0. The molecule has 0 saturated heterocycles. The zero-order valence-electron chi connectivity index (χ0n) is 17.4. The molecule has 1 heterocycles. The molecule has 29 heavy (non-hydrogen) atoms. The van der Waals surface area contributed by atoms with Gasteiger partial charge in [0.25, 0.3) is 0 Å². The van der Waals surface area contributed by atoms with Gasteiger partial charge in [-0.1, -0.05) is 6.07 Å². The van der Waals surface area contributed by atoms with Crippen LogP contribution in [0.5, 0.6) is 0 Å². The van der Waals surface area contributed by atoms with Crippen LogP contribution >= 0.6 is 0 Å². The van der Waals surface area contributed by atoms with Crippen molar-refractivity contribution in [1.82, 2.24) is 14.6 Å². The molecule has 0 spiro atoms. The first-order chi connectivity index (χ1) is 13.6. The molecule has 1 N–H and O–H groups in total. The van der Waals surface area contributed by atoms with E-state index in [9.17, 15) is 13.2 Å². The molecule has 1 aromatic heterocycles. The van der Waals surface area contributed by atoms with Gasteiger partial charge in [0.05, 0.1) is 10.4 Å². The minimum atomic E-state index is -3.68. The van der Waals surface area contributed by atoms with Crippen molar-refractivity contribution in [3.8, 4) is 0 Å². The summed E-state index contributed by atoms with van der Waals surface area (Å²) in [6, 6.07) is 7.07. The van der Waals surface area contributed by atoms with Crippen LogP contribution in [0.4, 0.5) is 4.79 Å². The molecule has 0 aliphatic heterocycles. The highest BCUT2D eigenvalue weighted by atomic mass is 32.2. The van der Waals surface area contributed by atoms with Gasteiger partial charge < -0.3 is 9.64 Å². The number of carbonyl (C=O) groups is 1. The first kappa shape index (κ1) is 21.5. The van der Waals surface area contributed by atoms with Crippen molar-refractivity contribution in [2.24, 2.45) is 0 Å². The van der Waals surface area contributed by atoms with Gasteiger partial charge in [-0.3, -0.25) is 4.98 Å². The van der Waals surface area contributed by atoms with E-state index < -0.39 is 15.6 Å². The van der Waals surface area contributed by atoms with Gasteiger partial charge in [0.2, 0.25) is 10.0 Å². The molecule has 0 radical (unpaired) electrons. The number of nitrogens with zero attached hydrogens (tertiary/aromatic N) is 2. The van der Waals surface area contributed by atoms with E-state index in [-0.39, 0.29) is 23.6 Å². The monoisotopic (exact) mass is 419 g/mol. The molecular weight excluding hydrogens is 390 g/mol. The van der Waals surface area contributed by atoms with Crippen LogP contribution in [0.3, 0.4) is 0 Å². The predicted octanol–water partition coefficient (Wildman–Crippen LogP) is 3.61. The number of rotatable bonds is 7. The highest BCUT2D eigenvalue weighted by Gasteiger charge is 2.34. The maximum absolute atomic E-state index is 12.8. The molecule has 0 atom stereocenters. The van der Waals surface area contributed by atoms with Crippen molar-refractivity contribution < 1.29 is 17.9 Å². The molecule has 2 aromatic rings. The predicted molar refractivity (Wildman–Crippen MR) is 112 cm³/mol. The van der Waals surface area contributed by atoms with E-state index in [1.54, 1.807) is 35.4 Å². The summed E-state index contributed by atoms with van der Waals surface area (Å²) < 4.78 is 33.8. The standard InChI is InChI=1S/C21H29N3O4S/c1-15-8-11-18(17-7-5-12-22-19(15)17)29(26,27)23-13-6-14-24(16-9-10-16)20(25)28-21(2,3)4/h5,7-8,11-12,16,23H,6,9-10,13-14H2,1-4H3. The SMILES string of the molecule is Cc1ccc(S(=O)(=O)NCCCN(C(=O)OC(C)(C)C)C2CC2)c2cccnc12. The number of ether oxygens (including phenoxy) is 1. The Morgan fingerprint density at radius 2 is 2.00 bits per heavy atom. The Hall–Kier alpha value is -2.19. The number of benzene rings is 1. The van der Waals surface area contributed by atoms with Crippen molar-refractivity contribution in [2.45, 2.75) is 63.5 Å². The van der Waals surface area contributed by atoms with Crippen LogP contribution in [0, 0.1) is 6.92 Å². The van der Waals surface area contributed by atoms with Crippen molar-refractivity contribution in [2.75, 3.05) is 13.1 Å². The third-order valence-electron chi connectivity index (χ3n) is 4.70. The summed E-state index contributed by atoms with van der Waals surface area (Å²) in [6.45, 7) is 8.12. The largest absolute Gasteiger partial charge is 0.444 e. The van der Waals surface area contributed by atoms with Gasteiger partial charge in [0.15, 0.2) is 0 Å². The van der Waals surface area contributed by atoms with E-state index in [1.165, 1.54) is 0 Å². The number of hydrogen-bond donors (Lipinski definition) is 1. The zero-order chi connectivity index (χ0) is 21.2. The summed E-state index contributed by atoms with van der Waals surface area (Å²) in [5.41, 5.74) is 1.06. The summed E-state index contributed by atoms with van der Waals surface area (Å²) in [6.07, 6.45) is 3.76. The number of amides is 1. The maximum Gasteiger partial charge on any atom is 0.410 e. The molecule has 1 aliphatic carbocycles. The smallest absolute Gasteiger partial charge is 0.410 e. The Balaban J connectivity index is 1.63. The number of sulfonamides is 1. The molecule has 7 nitrogen and oxygen atoms in total. The quantitative estimate of drug-likeness (QED) is 0.693. The average molecular weight is 420 g/mol. The van der Waals surface area contributed by atoms with Gasteiger partial charge in [-0.25, -0.2) is 17.9 Å². The fraction of sp³-hybridized carbons (Fsp3) is 0.524. The Bertz CT molecular complexity index is 995. The average Bonchev–Trinajstić information content (AvgIpc) is 3.45. The number of fused-ring (bicyclic) bond motifs is 1. The number of pyridine rings is 1. The second-order valence-corrected chi connectivity index (χ2v) is 10.2. The number of hydrogen-bond acceptors (Lipinski definition) is 5. The van der Waals surface area contributed by atoms with Gasteiger partial charge in [-0.15, -0.1) is 0 Å². The highest BCUT2D eigenvalue weighted by molar-refractivity contribution is 7.89. The van der Waals surface area contributed by atoms with Gasteiger partial charge >= 0.3 is 6.09 Å². The molecule has 158 valence electrons. The van der Waals surface area contributed by atoms with E-state index in [4.69, 9.17) is 4.74 Å². The van der Waals surface area contributed by atoms with Gasteiger partial charge in [-0.05, 0) is 70.7 Å². The number of aryl methyl sites for hydroxylation is 1. The lowest BCUT2D eigenvalue weighted by Gasteiger charge is -2.27. The van der Waals surface area contributed by atoms with E-state index in [0.717, 1.165) is 18.4 Å². The molecule has 1 amide bonds. The third-order valence-corrected chi connectivity index (χ3v) is 6.22. The molecule has 1 fully saturated rings. The first-order valence-electron chi connectivity index (χ1n) is 9.92. The molecule has 0 bridgehead atoms. The number of carbonyl (C=O) groups excluding carboxylic acids is 1. The topological polar surface area (TPSA) is 88.6 Å². The van der Waals surface area contributed by atoms with Crippen molar-refractivity contribution >= 4 is 27.0 Å². The molecule has 8 heteroatoms. The summed E-state index contributed by atoms with van der Waals surface area (Å²) in [7, 11) is -3.68. The fourth-order valence-corrected chi connectivity index (χ4v) is 4.46. The molecule has 0 unspecified atom stereocenters. The van der Waals surface area contributed by atoms with Crippen molar-refractivity contribution in [1.29, 1.82) is 0 Å². The van der Waals surface area contributed by atoms with Crippen LogP contribution in [0.25, 0.3) is 10.9 Å². The Morgan fingerprint density at radius 3 is 2.66 bits per heavy atom. The minimum absolute atomic E-state index is 0.202. The lowest BCUT2D eigenvalue weighted by atomic mass is 10.1. The van der Waals surface area contributed by atoms with Crippen molar-refractivity contribution in [3.63, 3.8) is 0 Å². The number of nitrogens with one attached hydrogen (secondary N) is 1. The molecular formula is C21H29N3O4S. The summed E-state index contributed by atoms with van der Waals surface area (Å²) in [4.78, 5) is 18.6. The van der Waals surface area contributed by atoms with E-state index in [2.05, 4.69) is 9.71 Å². The maximum atomic E-state index is 12.8. The lowest BCUT2D eigenvalue weighted by molar-refractivity contribution is 0.0232. The van der Waals surface area contributed by atoms with Gasteiger partial charge in [0.1, 0.15) is 5.60 Å². The minimum Gasteiger partial charge on any atom is -0.444 e. The van der Waals surface area contributed by atoms with Gasteiger partial charge in [-0.2, -0.15) is 0 Å². The Labute approximate surface area is 172 Å². The van der Waals surface area contributed by atoms with Crippen LogP contribution in [0.2, 0.25) is 0 Å². The van der Waals surface area contributed by atoms with Crippen LogP contribution < -0.4 is 4.72 Å². The second-order valence-electron chi connectivity index (χ2n) is 8.44. The van der Waals surface area contributed by atoms with Crippen LogP contribution in [0.1, 0.15) is 45.6 Å². The van der Waals surface area contributed by atoms with Crippen LogP contribution in [0.15, 0.2) is 35.4 Å². The van der Waals surface area contributed by atoms with E-state index >= 15 is 0 Å². The summed E-state index contributed by atoms with van der Waals surface area (Å²) in [5, 5.41) is 0.605. The first-order valence-corrected chi connectivity index (χ1v) is 11.4. The number of aromatic nitrogens is 1. The van der Waals surface area contributed by atoms with Crippen LogP contribution in [-0.2, 0) is 14.8 Å². The molecule has 1 aromatic carbocycles. The van der Waals surface area contributed by atoms with Crippen LogP contribution in [-0.4, -0.2) is 49.1 Å². The second kappa shape index (κ2) is 8.28. The highest BCUT2D eigenvalue weighted by Crippen LogP contribution is 2.28. The molecule has 1 saturated carbocycles. The molecule has 1 aliphatic rings. The van der Waals surface area contributed by atoms with E-state index in [0.29, 0.717) is 23.9 Å². The third kappa shape index (κ3) is 5.45. The van der Waals surface area contributed by atoms with Crippen molar-refractivity contribution in [3.05, 3.63) is 36.0 Å². The van der Waals surface area contributed by atoms with Gasteiger partial charge in [0, 0.05) is 30.7 Å².